The Morgan fingerprint density at radius 3 is 2.73 bits per heavy atom. The van der Waals surface area contributed by atoms with E-state index in [9.17, 15) is 4.79 Å². The summed E-state index contributed by atoms with van der Waals surface area (Å²) in [5.74, 6) is 2.20. The van der Waals surface area contributed by atoms with E-state index in [2.05, 4.69) is 5.32 Å². The maximum atomic E-state index is 13.4. The van der Waals surface area contributed by atoms with Crippen LogP contribution in [0.5, 0.6) is 11.5 Å². The van der Waals surface area contributed by atoms with Crippen molar-refractivity contribution in [3.63, 3.8) is 0 Å². The Bertz CT molecular complexity index is 667. The van der Waals surface area contributed by atoms with E-state index in [1.54, 1.807) is 26.0 Å². The van der Waals surface area contributed by atoms with E-state index >= 15 is 0 Å². The number of methoxy groups -OCH3 is 2. The van der Waals surface area contributed by atoms with Crippen molar-refractivity contribution in [2.45, 2.75) is 37.1 Å². The van der Waals surface area contributed by atoms with E-state index in [-0.39, 0.29) is 11.3 Å². The van der Waals surface area contributed by atoms with Crippen molar-refractivity contribution in [3.05, 3.63) is 17.7 Å². The summed E-state index contributed by atoms with van der Waals surface area (Å²) in [5.41, 5.74) is 0.893. The first kappa shape index (κ1) is 19.4. The van der Waals surface area contributed by atoms with E-state index in [1.165, 1.54) is 12.8 Å². The average molecular weight is 379 g/mol. The van der Waals surface area contributed by atoms with E-state index in [1.807, 2.05) is 30.3 Å². The Hall–Kier alpha value is -1.40. The van der Waals surface area contributed by atoms with Crippen LogP contribution in [0.4, 0.5) is 0 Å². The molecule has 0 aromatic heterocycles. The predicted octanol–water partition coefficient (Wildman–Crippen LogP) is 3.16. The minimum atomic E-state index is -0.205. The van der Waals surface area contributed by atoms with Crippen LogP contribution < -0.4 is 14.8 Å². The van der Waals surface area contributed by atoms with Crippen LogP contribution in [0.1, 0.15) is 31.2 Å². The summed E-state index contributed by atoms with van der Waals surface area (Å²) in [6.07, 6.45) is 6.62. The highest BCUT2D eigenvalue weighted by Crippen LogP contribution is 2.45. The van der Waals surface area contributed by atoms with E-state index < -0.39 is 0 Å². The summed E-state index contributed by atoms with van der Waals surface area (Å²) < 4.78 is 10.9. The molecule has 0 radical (unpaired) electrons. The Morgan fingerprint density at radius 2 is 2.04 bits per heavy atom. The van der Waals surface area contributed by atoms with Gasteiger partial charge in [0, 0.05) is 25.0 Å². The molecular weight excluding hydrogens is 348 g/mol. The zero-order chi connectivity index (χ0) is 18.7. The lowest BCUT2D eigenvalue weighted by Crippen LogP contribution is -2.48. The molecule has 1 heterocycles. The summed E-state index contributed by atoms with van der Waals surface area (Å²) in [5, 5.41) is 3.47. The second-order valence-corrected chi connectivity index (χ2v) is 8.26. The van der Waals surface area contributed by atoms with Crippen molar-refractivity contribution in [1.82, 2.24) is 10.2 Å². The van der Waals surface area contributed by atoms with Gasteiger partial charge in [0.2, 0.25) is 5.91 Å². The SMILES string of the molecule is COc1cc(CN(C)C(=O)[C@@]23CCCC[C@H]2CNC3)c(SC)cc1OC. The normalized spacial score (nSPS) is 24.8. The maximum absolute atomic E-state index is 13.4. The molecule has 1 amide bonds. The maximum Gasteiger partial charge on any atom is 0.230 e. The molecule has 6 heteroatoms. The summed E-state index contributed by atoms with van der Waals surface area (Å²) in [7, 11) is 5.22. The van der Waals surface area contributed by atoms with Gasteiger partial charge in [-0.25, -0.2) is 0 Å². The van der Waals surface area contributed by atoms with Gasteiger partial charge in [-0.3, -0.25) is 4.79 Å². The molecule has 0 unspecified atom stereocenters. The largest absolute Gasteiger partial charge is 0.493 e. The highest BCUT2D eigenvalue weighted by atomic mass is 32.2. The lowest BCUT2D eigenvalue weighted by Gasteiger charge is -2.40. The molecule has 5 nitrogen and oxygen atoms in total. The zero-order valence-electron chi connectivity index (χ0n) is 16.3. The van der Waals surface area contributed by atoms with Gasteiger partial charge in [-0.1, -0.05) is 12.8 Å². The van der Waals surface area contributed by atoms with Gasteiger partial charge in [-0.2, -0.15) is 0 Å². The summed E-state index contributed by atoms with van der Waals surface area (Å²) in [4.78, 5) is 16.4. The molecule has 144 valence electrons. The number of nitrogens with one attached hydrogen (secondary N) is 1. The Morgan fingerprint density at radius 1 is 1.31 bits per heavy atom. The van der Waals surface area contributed by atoms with Crippen LogP contribution in [-0.4, -0.2) is 51.4 Å². The molecule has 26 heavy (non-hydrogen) atoms. The quantitative estimate of drug-likeness (QED) is 0.771. The average Bonchev–Trinajstić information content (AvgIpc) is 3.12. The third-order valence-corrected chi connectivity index (χ3v) is 6.82. The molecule has 0 spiro atoms. The highest BCUT2D eigenvalue weighted by molar-refractivity contribution is 7.98. The summed E-state index contributed by atoms with van der Waals surface area (Å²) in [6.45, 7) is 2.39. The van der Waals surface area contributed by atoms with Crippen molar-refractivity contribution < 1.29 is 14.3 Å². The van der Waals surface area contributed by atoms with Gasteiger partial charge in [0.1, 0.15) is 0 Å². The van der Waals surface area contributed by atoms with Crippen LogP contribution in [0.25, 0.3) is 0 Å². The number of nitrogens with zero attached hydrogens (tertiary/aromatic N) is 1. The van der Waals surface area contributed by atoms with E-state index in [0.29, 0.717) is 18.2 Å². The van der Waals surface area contributed by atoms with Gasteiger partial charge in [0.15, 0.2) is 11.5 Å². The number of fused-ring (bicyclic) bond motifs is 1. The molecule has 1 aliphatic heterocycles. The van der Waals surface area contributed by atoms with Crippen LogP contribution in [-0.2, 0) is 11.3 Å². The molecule has 2 aliphatic rings. The van der Waals surface area contributed by atoms with Gasteiger partial charge >= 0.3 is 0 Å². The fourth-order valence-electron chi connectivity index (χ4n) is 4.59. The minimum Gasteiger partial charge on any atom is -0.493 e. The Kier molecular flexibility index (Phi) is 6.03. The van der Waals surface area contributed by atoms with E-state index in [4.69, 9.17) is 9.47 Å². The lowest BCUT2D eigenvalue weighted by molar-refractivity contribution is -0.144. The second-order valence-electron chi connectivity index (χ2n) is 7.41. The van der Waals surface area contributed by atoms with Crippen molar-refractivity contribution in [2.75, 3.05) is 40.6 Å². The van der Waals surface area contributed by atoms with Gasteiger partial charge in [-0.15, -0.1) is 11.8 Å². The van der Waals surface area contributed by atoms with Gasteiger partial charge < -0.3 is 19.7 Å². The van der Waals surface area contributed by atoms with E-state index in [0.717, 1.165) is 42.1 Å². The Balaban J connectivity index is 1.83. The van der Waals surface area contributed by atoms with Crippen LogP contribution in [0.3, 0.4) is 0 Å². The third-order valence-electron chi connectivity index (χ3n) is 6.00. The first-order valence-corrected chi connectivity index (χ1v) is 10.5. The smallest absolute Gasteiger partial charge is 0.230 e. The van der Waals surface area contributed by atoms with Crippen molar-refractivity contribution in [1.29, 1.82) is 0 Å². The molecule has 1 N–H and O–H groups in total. The minimum absolute atomic E-state index is 0.205. The summed E-state index contributed by atoms with van der Waals surface area (Å²) in [6, 6.07) is 3.99. The van der Waals surface area contributed by atoms with Crippen molar-refractivity contribution in [2.24, 2.45) is 11.3 Å². The molecule has 1 saturated heterocycles. The molecule has 1 aromatic carbocycles. The van der Waals surface area contributed by atoms with Crippen LogP contribution in [0.2, 0.25) is 0 Å². The van der Waals surface area contributed by atoms with Gasteiger partial charge in [-0.05, 0) is 49.3 Å². The third kappa shape index (κ3) is 3.41. The van der Waals surface area contributed by atoms with Crippen LogP contribution >= 0.6 is 11.8 Å². The topological polar surface area (TPSA) is 50.8 Å². The number of benzene rings is 1. The van der Waals surface area contributed by atoms with Crippen LogP contribution in [0, 0.1) is 11.3 Å². The number of thioether (sulfide) groups is 1. The molecule has 2 fully saturated rings. The number of amides is 1. The Labute approximate surface area is 160 Å². The number of carbonyl (C=O) groups is 1. The van der Waals surface area contributed by atoms with Gasteiger partial charge in [0.25, 0.3) is 0 Å². The molecule has 2 atom stereocenters. The highest BCUT2D eigenvalue weighted by Gasteiger charge is 2.50. The monoisotopic (exact) mass is 378 g/mol. The fourth-order valence-corrected chi connectivity index (χ4v) is 5.20. The predicted molar refractivity (Wildman–Crippen MR) is 105 cm³/mol. The molecule has 1 saturated carbocycles. The number of ether oxygens (including phenoxy) is 2. The van der Waals surface area contributed by atoms with Gasteiger partial charge in [0.05, 0.1) is 19.6 Å². The number of hydrogen-bond donors (Lipinski definition) is 1. The first-order valence-electron chi connectivity index (χ1n) is 9.31. The number of rotatable bonds is 6. The zero-order valence-corrected chi connectivity index (χ0v) is 17.1. The fraction of sp³-hybridized carbons (Fsp3) is 0.650. The second kappa shape index (κ2) is 8.09. The number of hydrogen-bond acceptors (Lipinski definition) is 5. The standard InChI is InChI=1S/C20H30N2O3S/c1-22(19(23)20-8-6-5-7-15(20)11-21-13-20)12-14-9-16(24-2)17(25-3)10-18(14)26-4/h9-10,15,21H,5-8,11-13H2,1-4H3/t15-,20+/m0/s1. The molecular formula is C20H30N2O3S. The van der Waals surface area contributed by atoms with Crippen LogP contribution in [0.15, 0.2) is 17.0 Å². The lowest BCUT2D eigenvalue weighted by atomic mass is 9.67. The number of carbonyl (C=O) groups excluding carboxylic acids is 1. The van der Waals surface area contributed by atoms with Crippen molar-refractivity contribution in [3.8, 4) is 11.5 Å². The molecule has 1 aromatic rings. The van der Waals surface area contributed by atoms with Crippen molar-refractivity contribution >= 4 is 17.7 Å². The molecule has 1 aliphatic carbocycles. The summed E-state index contributed by atoms with van der Waals surface area (Å²) >= 11 is 1.67. The molecule has 0 bridgehead atoms. The molecule has 3 rings (SSSR count). The first-order chi connectivity index (χ1) is 12.6.